The van der Waals surface area contributed by atoms with Crippen molar-refractivity contribution in [2.75, 3.05) is 13.7 Å². The van der Waals surface area contributed by atoms with E-state index in [4.69, 9.17) is 4.74 Å². The lowest BCUT2D eigenvalue weighted by atomic mass is 10.0. The van der Waals surface area contributed by atoms with E-state index in [0.717, 1.165) is 25.7 Å². The van der Waals surface area contributed by atoms with Gasteiger partial charge in [-0.15, -0.1) is 0 Å². The molecule has 2 rings (SSSR count). The van der Waals surface area contributed by atoms with Crippen LogP contribution in [0.5, 0.6) is 0 Å². The Balaban J connectivity index is 2.11. The Labute approximate surface area is 129 Å². The molecule has 1 aliphatic carbocycles. The smallest absolute Gasteiger partial charge is 0.241 e. The second kappa shape index (κ2) is 8.14. The average Bonchev–Trinajstić information content (AvgIpc) is 3.11. The molecular weight excluding hydrogens is 264 g/mol. The minimum Gasteiger partial charge on any atom is -0.383 e. The lowest BCUT2D eigenvalue weighted by Crippen LogP contribution is -2.49. The molecule has 0 bridgehead atoms. The summed E-state index contributed by atoms with van der Waals surface area (Å²) in [6.45, 7) is 4.99. The van der Waals surface area contributed by atoms with E-state index in [2.05, 4.69) is 24.1 Å². The van der Waals surface area contributed by atoms with Gasteiger partial charge in [-0.05, 0) is 31.6 Å². The first-order chi connectivity index (χ1) is 10.2. The summed E-state index contributed by atoms with van der Waals surface area (Å²) in [5.74, 6) is 0.940. The number of nitrogens with one attached hydrogen (secondary N) is 1. The Morgan fingerprint density at radius 2 is 2.05 bits per heavy atom. The normalized spacial score (nSPS) is 28.5. The monoisotopic (exact) mass is 296 g/mol. The van der Waals surface area contributed by atoms with Crippen LogP contribution in [-0.2, 0) is 9.53 Å². The number of unbranched alkanes of at least 4 members (excludes halogenated alkanes) is 1. The highest BCUT2D eigenvalue weighted by Gasteiger charge is 2.45. The van der Waals surface area contributed by atoms with Crippen molar-refractivity contribution >= 4 is 5.91 Å². The van der Waals surface area contributed by atoms with E-state index in [0.29, 0.717) is 18.4 Å². The number of hydrogen-bond acceptors (Lipinski definition) is 3. The second-order valence-corrected chi connectivity index (χ2v) is 6.61. The molecule has 1 amide bonds. The van der Waals surface area contributed by atoms with Crippen molar-refractivity contribution in [2.24, 2.45) is 5.92 Å². The van der Waals surface area contributed by atoms with Gasteiger partial charge in [0.15, 0.2) is 0 Å². The van der Waals surface area contributed by atoms with Crippen LogP contribution in [0.15, 0.2) is 0 Å². The predicted molar refractivity (Wildman–Crippen MR) is 85.0 cm³/mol. The Morgan fingerprint density at radius 3 is 2.62 bits per heavy atom. The van der Waals surface area contributed by atoms with Gasteiger partial charge in [-0.1, -0.05) is 39.5 Å². The molecule has 1 saturated heterocycles. The molecule has 3 unspecified atom stereocenters. The first kappa shape index (κ1) is 16.8. The highest BCUT2D eigenvalue weighted by molar-refractivity contribution is 5.84. The molecule has 1 aliphatic heterocycles. The summed E-state index contributed by atoms with van der Waals surface area (Å²) in [5, 5.41) is 3.66. The van der Waals surface area contributed by atoms with Gasteiger partial charge >= 0.3 is 0 Å². The van der Waals surface area contributed by atoms with Gasteiger partial charge in [0.25, 0.3) is 0 Å². The Hall–Kier alpha value is -0.610. The number of rotatable bonds is 8. The van der Waals surface area contributed by atoms with Crippen LogP contribution in [0, 0.1) is 5.92 Å². The summed E-state index contributed by atoms with van der Waals surface area (Å²) in [7, 11) is 1.73. The number of ether oxygens (including phenoxy) is 1. The minimum atomic E-state index is 0.0291. The van der Waals surface area contributed by atoms with Crippen molar-refractivity contribution in [2.45, 2.75) is 83.5 Å². The standard InChI is InChI=1S/C17H32N2O2/c1-4-6-11-15-17(20)19(14(5-2)12-21-3)16(18-15)13-9-7-8-10-13/h13-16,18H,4-12H2,1-3H3. The summed E-state index contributed by atoms with van der Waals surface area (Å²) >= 11 is 0. The third kappa shape index (κ3) is 3.78. The molecule has 0 spiro atoms. The Kier molecular flexibility index (Phi) is 6.49. The average molecular weight is 296 g/mol. The maximum absolute atomic E-state index is 12.9. The Morgan fingerprint density at radius 1 is 1.33 bits per heavy atom. The molecule has 4 heteroatoms. The fourth-order valence-electron chi connectivity index (χ4n) is 3.92. The zero-order valence-corrected chi connectivity index (χ0v) is 13.9. The molecule has 1 saturated carbocycles. The van der Waals surface area contributed by atoms with Gasteiger partial charge in [0, 0.05) is 7.11 Å². The molecule has 4 nitrogen and oxygen atoms in total. The lowest BCUT2D eigenvalue weighted by Gasteiger charge is -2.35. The molecule has 0 aromatic carbocycles. The van der Waals surface area contributed by atoms with Crippen LogP contribution in [0.4, 0.5) is 0 Å². The summed E-state index contributed by atoms with van der Waals surface area (Å²) in [6.07, 6.45) is 9.57. The molecule has 2 fully saturated rings. The minimum absolute atomic E-state index is 0.0291. The van der Waals surface area contributed by atoms with Gasteiger partial charge in [-0.3, -0.25) is 10.1 Å². The van der Waals surface area contributed by atoms with Gasteiger partial charge in [0.1, 0.15) is 0 Å². The van der Waals surface area contributed by atoms with Crippen molar-refractivity contribution in [1.29, 1.82) is 0 Å². The fourth-order valence-corrected chi connectivity index (χ4v) is 3.92. The highest BCUT2D eigenvalue weighted by atomic mass is 16.5. The van der Waals surface area contributed by atoms with Gasteiger partial charge in [0.2, 0.25) is 5.91 Å². The number of methoxy groups -OCH3 is 1. The van der Waals surface area contributed by atoms with Gasteiger partial charge < -0.3 is 9.64 Å². The van der Waals surface area contributed by atoms with Crippen molar-refractivity contribution in [3.63, 3.8) is 0 Å². The molecule has 0 aromatic heterocycles. The van der Waals surface area contributed by atoms with E-state index >= 15 is 0 Å². The summed E-state index contributed by atoms with van der Waals surface area (Å²) in [5.41, 5.74) is 0. The van der Waals surface area contributed by atoms with Crippen molar-refractivity contribution < 1.29 is 9.53 Å². The van der Waals surface area contributed by atoms with Gasteiger partial charge in [0.05, 0.1) is 24.9 Å². The Bertz CT molecular complexity index is 329. The molecule has 3 atom stereocenters. The first-order valence-corrected chi connectivity index (χ1v) is 8.80. The predicted octanol–water partition coefficient (Wildman–Crippen LogP) is 2.92. The van der Waals surface area contributed by atoms with Crippen molar-refractivity contribution in [1.82, 2.24) is 10.2 Å². The molecule has 1 N–H and O–H groups in total. The molecule has 122 valence electrons. The topological polar surface area (TPSA) is 41.6 Å². The summed E-state index contributed by atoms with van der Waals surface area (Å²) in [6, 6.07) is 0.244. The molecule has 2 aliphatic rings. The van der Waals surface area contributed by atoms with Gasteiger partial charge in [-0.2, -0.15) is 0 Å². The summed E-state index contributed by atoms with van der Waals surface area (Å²) < 4.78 is 5.36. The number of nitrogens with zero attached hydrogens (tertiary/aromatic N) is 1. The second-order valence-electron chi connectivity index (χ2n) is 6.61. The number of carbonyl (C=O) groups is 1. The third-order valence-corrected chi connectivity index (χ3v) is 5.14. The zero-order valence-electron chi connectivity index (χ0n) is 13.9. The van der Waals surface area contributed by atoms with E-state index in [1.54, 1.807) is 7.11 Å². The maximum atomic E-state index is 12.9. The van der Waals surface area contributed by atoms with Crippen LogP contribution in [0.1, 0.15) is 65.2 Å². The van der Waals surface area contributed by atoms with Crippen LogP contribution >= 0.6 is 0 Å². The van der Waals surface area contributed by atoms with Crippen LogP contribution in [0.25, 0.3) is 0 Å². The molecular formula is C17H32N2O2. The molecule has 0 aromatic rings. The molecule has 1 heterocycles. The maximum Gasteiger partial charge on any atom is 0.241 e. The molecule has 0 radical (unpaired) electrons. The highest BCUT2D eigenvalue weighted by Crippen LogP contribution is 2.34. The number of hydrogen-bond donors (Lipinski definition) is 1. The van der Waals surface area contributed by atoms with E-state index in [1.807, 2.05) is 0 Å². The van der Waals surface area contributed by atoms with E-state index < -0.39 is 0 Å². The van der Waals surface area contributed by atoms with Crippen LogP contribution in [0.2, 0.25) is 0 Å². The largest absolute Gasteiger partial charge is 0.383 e. The van der Waals surface area contributed by atoms with Crippen molar-refractivity contribution in [3.05, 3.63) is 0 Å². The van der Waals surface area contributed by atoms with E-state index in [1.165, 1.54) is 25.7 Å². The van der Waals surface area contributed by atoms with E-state index in [9.17, 15) is 4.79 Å². The number of carbonyl (C=O) groups excluding carboxylic acids is 1. The third-order valence-electron chi connectivity index (χ3n) is 5.14. The quantitative estimate of drug-likeness (QED) is 0.749. The van der Waals surface area contributed by atoms with E-state index in [-0.39, 0.29) is 18.2 Å². The first-order valence-electron chi connectivity index (χ1n) is 8.80. The SMILES string of the molecule is CCCCC1NC(C2CCCC2)N(C(CC)COC)C1=O. The van der Waals surface area contributed by atoms with Crippen LogP contribution in [0.3, 0.4) is 0 Å². The van der Waals surface area contributed by atoms with Gasteiger partial charge in [-0.25, -0.2) is 0 Å². The summed E-state index contributed by atoms with van der Waals surface area (Å²) in [4.78, 5) is 15.0. The zero-order chi connectivity index (χ0) is 15.2. The van der Waals surface area contributed by atoms with Crippen molar-refractivity contribution in [3.8, 4) is 0 Å². The molecule has 21 heavy (non-hydrogen) atoms. The van der Waals surface area contributed by atoms with Crippen LogP contribution < -0.4 is 5.32 Å². The van der Waals surface area contributed by atoms with Crippen LogP contribution in [-0.4, -0.2) is 42.8 Å². The fraction of sp³-hybridized carbons (Fsp3) is 0.941. The lowest BCUT2D eigenvalue weighted by molar-refractivity contribution is -0.134. The number of amides is 1.